The van der Waals surface area contributed by atoms with Crippen molar-refractivity contribution in [3.63, 3.8) is 0 Å². The van der Waals surface area contributed by atoms with Gasteiger partial charge in [0.05, 0.1) is 18.6 Å². The minimum absolute atomic E-state index is 0.0513. The van der Waals surface area contributed by atoms with Crippen LogP contribution in [0.5, 0.6) is 5.75 Å². The Morgan fingerprint density at radius 1 is 1.00 bits per heavy atom. The number of likely N-dealkylation sites (N-methyl/N-ethyl adjacent to an activating group) is 2. The molecule has 4 rings (SSSR count). The highest BCUT2D eigenvalue weighted by molar-refractivity contribution is 7.89. The Morgan fingerprint density at radius 3 is 2.31 bits per heavy atom. The molecule has 10 heteroatoms. The number of sulfonamides is 1. The van der Waals surface area contributed by atoms with Crippen molar-refractivity contribution in [2.75, 3.05) is 67.1 Å². The van der Waals surface area contributed by atoms with Gasteiger partial charge in [-0.05, 0) is 68.4 Å². The lowest BCUT2D eigenvalue weighted by atomic mass is 9.88. The van der Waals surface area contributed by atoms with Crippen LogP contribution in [0, 0.1) is 13.8 Å². The number of rotatable bonds is 12. The van der Waals surface area contributed by atoms with Gasteiger partial charge in [-0.3, -0.25) is 14.6 Å². The van der Waals surface area contributed by atoms with Gasteiger partial charge in [-0.2, -0.15) is 4.31 Å². The van der Waals surface area contributed by atoms with Crippen LogP contribution in [0.2, 0.25) is 0 Å². The highest BCUT2D eigenvalue weighted by Gasteiger charge is 2.32. The Kier molecular flexibility index (Phi) is 11.4. The zero-order chi connectivity index (χ0) is 30.3. The molecule has 1 aliphatic carbocycles. The molecule has 1 unspecified atom stereocenters. The van der Waals surface area contributed by atoms with E-state index in [1.165, 1.54) is 16.3 Å². The maximum absolute atomic E-state index is 13.2. The van der Waals surface area contributed by atoms with Crippen LogP contribution in [0.25, 0.3) is 0 Å². The summed E-state index contributed by atoms with van der Waals surface area (Å²) in [6, 6.07) is 14.8. The van der Waals surface area contributed by atoms with E-state index in [-0.39, 0.29) is 36.6 Å². The molecule has 0 bridgehead atoms. The molecular weight excluding hydrogens is 552 g/mol. The Labute approximate surface area is 252 Å². The van der Waals surface area contributed by atoms with Crippen molar-refractivity contribution in [3.05, 3.63) is 59.2 Å². The van der Waals surface area contributed by atoms with E-state index in [1.807, 2.05) is 11.9 Å². The Morgan fingerprint density at radius 2 is 1.67 bits per heavy atom. The fourth-order valence-electron chi connectivity index (χ4n) is 6.32. The zero-order valence-corrected chi connectivity index (χ0v) is 26.7. The topological polar surface area (TPSA) is 82.6 Å². The lowest BCUT2D eigenvalue weighted by molar-refractivity contribution is -0.138. The number of hydrogen-bond donors (Lipinski definition) is 0. The summed E-state index contributed by atoms with van der Waals surface area (Å²) in [5, 5.41) is 0. The number of piperazine rings is 1. The van der Waals surface area contributed by atoms with Crippen molar-refractivity contribution in [2.24, 2.45) is 0 Å². The van der Waals surface area contributed by atoms with Crippen LogP contribution in [0.1, 0.15) is 42.4 Å². The fraction of sp³-hybridized carbons (Fsp3) is 0.594. The number of hydrogen-bond acceptors (Lipinski definition) is 7. The van der Waals surface area contributed by atoms with E-state index >= 15 is 0 Å². The van der Waals surface area contributed by atoms with Crippen molar-refractivity contribution >= 4 is 15.9 Å². The van der Waals surface area contributed by atoms with Crippen molar-refractivity contribution in [3.8, 4) is 5.75 Å². The van der Waals surface area contributed by atoms with E-state index in [1.54, 1.807) is 40.1 Å². The van der Waals surface area contributed by atoms with E-state index in [0.29, 0.717) is 22.9 Å². The molecule has 0 N–H and O–H groups in total. The molecule has 232 valence electrons. The van der Waals surface area contributed by atoms with Gasteiger partial charge >= 0.3 is 0 Å². The maximum Gasteiger partial charge on any atom is 0.248 e. The molecule has 42 heavy (non-hydrogen) atoms. The van der Waals surface area contributed by atoms with Gasteiger partial charge in [-0.15, -0.1) is 0 Å². The first-order chi connectivity index (χ1) is 20.1. The standard InChI is InChI=1S/C32H48N4O5S/c1-25-20-30(40-5)21-26(2)32(25)42(38,39)33(3)18-19-41-24-31(37)34(4)28-12-9-13-29(22-28)36-16-14-35(15-17-36)23-27-10-7-6-8-11-27/h6-8,10-11,20-21,28-29H,9,12-19,22-24H2,1-5H3/t28?,29-/m0/s1. The van der Waals surface area contributed by atoms with Crippen LogP contribution >= 0.6 is 0 Å². The van der Waals surface area contributed by atoms with Gasteiger partial charge in [0.2, 0.25) is 15.9 Å². The van der Waals surface area contributed by atoms with E-state index in [4.69, 9.17) is 9.47 Å². The number of benzene rings is 2. The molecule has 9 nitrogen and oxygen atoms in total. The minimum atomic E-state index is -3.70. The molecule has 2 atom stereocenters. The van der Waals surface area contributed by atoms with Gasteiger partial charge in [0.15, 0.2) is 0 Å². The second kappa shape index (κ2) is 14.8. The molecule has 2 aliphatic rings. The van der Waals surface area contributed by atoms with E-state index in [2.05, 4.69) is 40.1 Å². The van der Waals surface area contributed by atoms with Crippen LogP contribution in [0.3, 0.4) is 0 Å². The molecule has 1 heterocycles. The monoisotopic (exact) mass is 600 g/mol. The number of aryl methyl sites for hydroxylation is 2. The molecule has 1 saturated carbocycles. The summed E-state index contributed by atoms with van der Waals surface area (Å²) in [6.45, 7) is 9.06. The number of carbonyl (C=O) groups is 1. The molecule has 1 aliphatic heterocycles. The number of amides is 1. The average molecular weight is 601 g/mol. The van der Waals surface area contributed by atoms with Crippen molar-refractivity contribution in [1.29, 1.82) is 0 Å². The van der Waals surface area contributed by atoms with Crippen molar-refractivity contribution in [1.82, 2.24) is 19.0 Å². The van der Waals surface area contributed by atoms with Crippen LogP contribution in [0.15, 0.2) is 47.4 Å². The molecule has 1 amide bonds. The molecular formula is C32H48N4O5S. The quantitative estimate of drug-likeness (QED) is 0.345. The Bertz CT molecular complexity index is 1260. The van der Waals surface area contributed by atoms with E-state index < -0.39 is 10.0 Å². The predicted octanol–water partition coefficient (Wildman–Crippen LogP) is 3.54. The fourth-order valence-corrected chi connectivity index (χ4v) is 7.88. The third-order valence-corrected chi connectivity index (χ3v) is 11.0. The molecule has 2 aromatic carbocycles. The highest BCUT2D eigenvalue weighted by Crippen LogP contribution is 2.29. The molecule has 0 spiro atoms. The molecule has 0 aromatic heterocycles. The molecule has 2 aromatic rings. The number of methoxy groups -OCH3 is 1. The number of nitrogens with zero attached hydrogens (tertiary/aromatic N) is 4. The van der Waals surface area contributed by atoms with Crippen LogP contribution in [0.4, 0.5) is 0 Å². The summed E-state index contributed by atoms with van der Waals surface area (Å²) in [4.78, 5) is 20.3. The molecule has 0 radical (unpaired) electrons. The first-order valence-corrected chi connectivity index (χ1v) is 16.5. The van der Waals surface area contributed by atoms with E-state index in [0.717, 1.165) is 52.0 Å². The first-order valence-electron chi connectivity index (χ1n) is 15.1. The lowest BCUT2D eigenvalue weighted by Crippen LogP contribution is -2.53. The number of carbonyl (C=O) groups excluding carboxylic acids is 1. The third kappa shape index (κ3) is 8.11. The Balaban J connectivity index is 1.20. The van der Waals surface area contributed by atoms with Crippen molar-refractivity contribution < 1.29 is 22.7 Å². The normalized spacial score (nSPS) is 20.5. The summed E-state index contributed by atoms with van der Waals surface area (Å²) >= 11 is 0. The first kappa shape index (κ1) is 32.4. The van der Waals surface area contributed by atoms with Gasteiger partial charge in [0.1, 0.15) is 12.4 Å². The summed E-state index contributed by atoms with van der Waals surface area (Å²) in [7, 11) is 1.28. The Hall–Kier alpha value is -2.50. The van der Waals surface area contributed by atoms with Crippen LogP contribution in [-0.4, -0.2) is 113 Å². The largest absolute Gasteiger partial charge is 0.497 e. The number of ether oxygens (including phenoxy) is 2. The summed E-state index contributed by atoms with van der Waals surface area (Å²) in [5.41, 5.74) is 2.63. The van der Waals surface area contributed by atoms with Gasteiger partial charge < -0.3 is 14.4 Å². The van der Waals surface area contributed by atoms with Gasteiger partial charge in [-0.1, -0.05) is 30.3 Å². The second-order valence-electron chi connectivity index (χ2n) is 11.7. The van der Waals surface area contributed by atoms with Gasteiger partial charge in [0, 0.05) is 65.4 Å². The maximum atomic E-state index is 13.2. The third-order valence-electron chi connectivity index (χ3n) is 8.85. The van der Waals surface area contributed by atoms with E-state index in [9.17, 15) is 13.2 Å². The van der Waals surface area contributed by atoms with Crippen molar-refractivity contribution in [2.45, 2.75) is 63.1 Å². The van der Waals surface area contributed by atoms with Gasteiger partial charge in [-0.25, -0.2) is 8.42 Å². The lowest BCUT2D eigenvalue weighted by Gasteiger charge is -2.44. The summed E-state index contributed by atoms with van der Waals surface area (Å²) < 4.78 is 38.7. The predicted molar refractivity (Wildman–Crippen MR) is 165 cm³/mol. The van der Waals surface area contributed by atoms with Crippen LogP contribution in [-0.2, 0) is 26.1 Å². The second-order valence-corrected chi connectivity index (χ2v) is 13.7. The SMILES string of the molecule is COc1cc(C)c(S(=O)(=O)N(C)CCOCC(=O)N(C)C2CCC[C@H](N3CCN(Cc4ccccc4)CC3)C2)c(C)c1. The highest BCUT2D eigenvalue weighted by atomic mass is 32.2. The summed E-state index contributed by atoms with van der Waals surface area (Å²) in [5.74, 6) is 0.573. The molecule has 1 saturated heterocycles. The smallest absolute Gasteiger partial charge is 0.248 e. The van der Waals surface area contributed by atoms with Crippen LogP contribution < -0.4 is 4.74 Å². The minimum Gasteiger partial charge on any atom is -0.497 e. The van der Waals surface area contributed by atoms with Gasteiger partial charge in [0.25, 0.3) is 0 Å². The average Bonchev–Trinajstić information content (AvgIpc) is 2.99. The zero-order valence-electron chi connectivity index (χ0n) is 25.9. The molecule has 2 fully saturated rings. The summed E-state index contributed by atoms with van der Waals surface area (Å²) in [6.07, 6.45) is 4.29.